The highest BCUT2D eigenvalue weighted by atomic mass is 16.2. The Morgan fingerprint density at radius 1 is 1.21 bits per heavy atom. The molecule has 0 aromatic heterocycles. The number of imide groups is 1. The number of benzene rings is 1. The van der Waals surface area contributed by atoms with E-state index in [1.165, 1.54) is 5.56 Å². The van der Waals surface area contributed by atoms with E-state index in [0.29, 0.717) is 32.5 Å². The van der Waals surface area contributed by atoms with Crippen molar-refractivity contribution in [3.05, 3.63) is 35.9 Å². The first-order valence-electron chi connectivity index (χ1n) is 10.2. The Kier molecular flexibility index (Phi) is 4.87. The molecule has 0 bridgehead atoms. The van der Waals surface area contributed by atoms with Gasteiger partial charge in [0.2, 0.25) is 5.91 Å². The van der Waals surface area contributed by atoms with E-state index in [9.17, 15) is 14.4 Å². The van der Waals surface area contributed by atoms with Crippen LogP contribution in [-0.2, 0) is 9.59 Å². The Morgan fingerprint density at radius 2 is 1.89 bits per heavy atom. The molecule has 1 spiro atoms. The maximum Gasteiger partial charge on any atom is 0.325 e. The van der Waals surface area contributed by atoms with E-state index in [2.05, 4.69) is 17.4 Å². The molecule has 4 rings (SSSR count). The summed E-state index contributed by atoms with van der Waals surface area (Å²) in [4.78, 5) is 41.6. The molecule has 1 aromatic rings. The smallest absolute Gasteiger partial charge is 0.325 e. The van der Waals surface area contributed by atoms with Crippen LogP contribution in [0.2, 0.25) is 0 Å². The average Bonchev–Trinajstić information content (AvgIpc) is 3.40. The number of urea groups is 1. The van der Waals surface area contributed by atoms with Crippen LogP contribution in [0.1, 0.15) is 44.1 Å². The van der Waals surface area contributed by atoms with Crippen molar-refractivity contribution < 1.29 is 14.4 Å². The molecule has 150 valence electrons. The maximum atomic E-state index is 13.2. The molecule has 3 aliphatic rings. The minimum atomic E-state index is -0.805. The summed E-state index contributed by atoms with van der Waals surface area (Å²) < 4.78 is 0. The highest BCUT2D eigenvalue weighted by Gasteiger charge is 2.55. The van der Waals surface area contributed by atoms with Gasteiger partial charge in [-0.3, -0.25) is 9.59 Å². The first kappa shape index (κ1) is 18.9. The first-order chi connectivity index (χ1) is 13.5. The Hall–Kier alpha value is -2.41. The van der Waals surface area contributed by atoms with E-state index >= 15 is 0 Å². The van der Waals surface area contributed by atoms with Crippen molar-refractivity contribution in [3.8, 4) is 0 Å². The van der Waals surface area contributed by atoms with Gasteiger partial charge in [-0.2, -0.15) is 0 Å². The zero-order valence-corrected chi connectivity index (χ0v) is 16.3. The predicted octanol–water partition coefficient (Wildman–Crippen LogP) is 1.44. The van der Waals surface area contributed by atoms with Crippen LogP contribution in [0.5, 0.6) is 0 Å². The number of nitrogens with two attached hydrogens (primary N) is 1. The lowest BCUT2D eigenvalue weighted by Crippen LogP contribution is -2.50. The number of carbonyl (C=O) groups is 3. The van der Waals surface area contributed by atoms with E-state index in [4.69, 9.17) is 5.73 Å². The van der Waals surface area contributed by atoms with Crippen LogP contribution < -0.4 is 11.1 Å². The van der Waals surface area contributed by atoms with Gasteiger partial charge in [0, 0.05) is 19.0 Å². The number of rotatable bonds is 4. The van der Waals surface area contributed by atoms with Crippen LogP contribution in [0, 0.1) is 5.92 Å². The number of carbonyl (C=O) groups excluding carboxylic acids is 3. The zero-order valence-electron chi connectivity index (χ0n) is 16.3. The number of nitrogens with zero attached hydrogens (tertiary/aromatic N) is 2. The molecular weight excluding hydrogens is 356 g/mol. The third-order valence-corrected chi connectivity index (χ3v) is 6.68. The van der Waals surface area contributed by atoms with Gasteiger partial charge in [0.25, 0.3) is 5.91 Å². The Bertz CT molecular complexity index is 775. The third kappa shape index (κ3) is 2.98. The molecule has 1 unspecified atom stereocenters. The van der Waals surface area contributed by atoms with Gasteiger partial charge in [0.1, 0.15) is 11.6 Å². The van der Waals surface area contributed by atoms with Crippen LogP contribution in [-0.4, -0.2) is 58.9 Å². The lowest BCUT2D eigenvalue weighted by molar-refractivity contribution is -0.142. The van der Waals surface area contributed by atoms with Crippen LogP contribution in [0.3, 0.4) is 0 Å². The highest BCUT2D eigenvalue weighted by molar-refractivity contribution is 6.10. The van der Waals surface area contributed by atoms with Crippen LogP contribution >= 0.6 is 0 Å². The molecule has 4 amide bonds. The van der Waals surface area contributed by atoms with Crippen LogP contribution in [0.15, 0.2) is 30.3 Å². The van der Waals surface area contributed by atoms with Gasteiger partial charge in [0.15, 0.2) is 0 Å². The number of hydrogen-bond acceptors (Lipinski definition) is 4. The third-order valence-electron chi connectivity index (χ3n) is 6.68. The van der Waals surface area contributed by atoms with Gasteiger partial charge in [-0.15, -0.1) is 0 Å². The summed E-state index contributed by atoms with van der Waals surface area (Å²) in [7, 11) is 0. The number of hydrogen-bond donors (Lipinski definition) is 2. The van der Waals surface area contributed by atoms with Crippen LogP contribution in [0.25, 0.3) is 0 Å². The Balaban J connectivity index is 1.50. The summed E-state index contributed by atoms with van der Waals surface area (Å²) >= 11 is 0. The molecular formula is C21H28N4O3. The second-order valence-electron chi connectivity index (χ2n) is 8.33. The summed E-state index contributed by atoms with van der Waals surface area (Å²) in [6, 6.07) is 8.83. The summed E-state index contributed by atoms with van der Waals surface area (Å²) in [5.74, 6) is -0.0880. The molecule has 3 fully saturated rings. The first-order valence-corrected chi connectivity index (χ1v) is 10.2. The zero-order chi connectivity index (χ0) is 19.9. The molecule has 7 nitrogen and oxygen atoms in total. The quantitative estimate of drug-likeness (QED) is 0.768. The monoisotopic (exact) mass is 384 g/mol. The molecule has 3 N–H and O–H groups in total. The fraction of sp³-hybridized carbons (Fsp3) is 0.571. The number of likely N-dealkylation sites (tertiary alicyclic amines) is 1. The van der Waals surface area contributed by atoms with Crippen molar-refractivity contribution in [2.75, 3.05) is 19.6 Å². The van der Waals surface area contributed by atoms with Gasteiger partial charge >= 0.3 is 6.03 Å². The summed E-state index contributed by atoms with van der Waals surface area (Å²) in [5, 5.41) is 2.86. The molecule has 1 aromatic carbocycles. The lowest BCUT2D eigenvalue weighted by Gasteiger charge is -2.27. The molecule has 0 radical (unpaired) electrons. The topological polar surface area (TPSA) is 95.7 Å². The van der Waals surface area contributed by atoms with E-state index in [1.54, 1.807) is 11.8 Å². The minimum Gasteiger partial charge on any atom is -0.340 e. The second kappa shape index (κ2) is 7.20. The fourth-order valence-corrected chi connectivity index (χ4v) is 5.05. The fourth-order valence-electron chi connectivity index (χ4n) is 5.05. The van der Waals surface area contributed by atoms with Crippen molar-refractivity contribution in [2.45, 2.75) is 50.1 Å². The normalized spacial score (nSPS) is 27.5. The number of amides is 4. The lowest BCUT2D eigenvalue weighted by atomic mass is 9.89. The summed E-state index contributed by atoms with van der Waals surface area (Å²) in [6.07, 6.45) is 3.16. The summed E-state index contributed by atoms with van der Waals surface area (Å²) in [6.45, 7) is 3.25. The molecule has 1 saturated carbocycles. The molecule has 1 aliphatic carbocycles. The van der Waals surface area contributed by atoms with Gasteiger partial charge in [-0.05, 0) is 37.8 Å². The maximum absolute atomic E-state index is 13.2. The van der Waals surface area contributed by atoms with Gasteiger partial charge in [0.05, 0.1) is 0 Å². The average molecular weight is 384 g/mol. The molecule has 2 saturated heterocycles. The van der Waals surface area contributed by atoms with Crippen molar-refractivity contribution in [1.82, 2.24) is 15.1 Å². The minimum absolute atomic E-state index is 0.169. The predicted molar refractivity (Wildman–Crippen MR) is 104 cm³/mol. The molecule has 28 heavy (non-hydrogen) atoms. The summed E-state index contributed by atoms with van der Waals surface area (Å²) in [5.41, 5.74) is 6.36. The van der Waals surface area contributed by atoms with Gasteiger partial charge in [-0.25, -0.2) is 9.69 Å². The highest BCUT2D eigenvalue weighted by Crippen LogP contribution is 2.37. The Morgan fingerprint density at radius 3 is 2.54 bits per heavy atom. The number of nitrogens with one attached hydrogen (secondary N) is 1. The van der Waals surface area contributed by atoms with E-state index in [-0.39, 0.29) is 23.7 Å². The van der Waals surface area contributed by atoms with Crippen molar-refractivity contribution in [3.63, 3.8) is 0 Å². The van der Waals surface area contributed by atoms with E-state index < -0.39 is 17.6 Å². The molecule has 3 atom stereocenters. The Labute approximate surface area is 165 Å². The SMILES string of the molecule is CC(C(=O)N1C[C@@H](CN)[C@H](c2ccccc2)C1)N1C(=O)NC2(CCCC2)C1=O. The van der Waals surface area contributed by atoms with E-state index in [0.717, 1.165) is 17.7 Å². The van der Waals surface area contributed by atoms with Gasteiger partial charge < -0.3 is 16.0 Å². The standard InChI is InChI=1S/C21H28N4O3/c1-14(25-19(27)21(23-20(25)28)9-5-6-10-21)18(26)24-12-16(11-22)17(13-24)15-7-3-2-4-8-15/h2-4,7-8,14,16-17H,5-6,9-13,22H2,1H3,(H,23,28)/t14?,16-,17+/m1/s1. The van der Waals surface area contributed by atoms with Crippen molar-refractivity contribution in [1.29, 1.82) is 0 Å². The molecule has 2 heterocycles. The second-order valence-corrected chi connectivity index (χ2v) is 8.33. The van der Waals surface area contributed by atoms with E-state index in [1.807, 2.05) is 18.2 Å². The molecule has 2 aliphatic heterocycles. The molecule has 7 heteroatoms. The van der Waals surface area contributed by atoms with Crippen LogP contribution in [0.4, 0.5) is 4.79 Å². The largest absolute Gasteiger partial charge is 0.340 e. The van der Waals surface area contributed by atoms with Gasteiger partial charge in [-0.1, -0.05) is 43.2 Å². The van der Waals surface area contributed by atoms with Crippen molar-refractivity contribution in [2.24, 2.45) is 11.7 Å². The van der Waals surface area contributed by atoms with Crippen molar-refractivity contribution >= 4 is 17.8 Å².